The van der Waals surface area contributed by atoms with E-state index in [-0.39, 0.29) is 12.4 Å². The molecule has 11 heteroatoms. The number of nitrogens with two attached hydrogens (primary N) is 1. The fraction of sp³-hybridized carbons (Fsp3) is 0.364. The van der Waals surface area contributed by atoms with Crippen molar-refractivity contribution in [2.45, 2.75) is 31.0 Å². The molecule has 1 atom stereocenters. The van der Waals surface area contributed by atoms with Gasteiger partial charge in [-0.3, -0.25) is 4.57 Å². The summed E-state index contributed by atoms with van der Waals surface area (Å²) in [6.45, 7) is -0.370. The van der Waals surface area contributed by atoms with Crippen LogP contribution in [0.4, 0.5) is 13.2 Å². The Hall–Kier alpha value is -1.87. The molecule has 0 spiro atoms. The van der Waals surface area contributed by atoms with Gasteiger partial charge in [0.05, 0.1) is 17.7 Å². The van der Waals surface area contributed by atoms with Gasteiger partial charge in [0, 0.05) is 25.1 Å². The summed E-state index contributed by atoms with van der Waals surface area (Å²) >= 11 is 6.33. The number of hydrogen-bond acceptors (Lipinski definition) is 6. The molecule has 2 aromatic carbocycles. The van der Waals surface area contributed by atoms with Crippen molar-refractivity contribution in [3.63, 3.8) is 0 Å². The lowest BCUT2D eigenvalue weighted by atomic mass is 9.93. The lowest BCUT2D eigenvalue weighted by molar-refractivity contribution is -0.137. The minimum absolute atomic E-state index is 0.249. The molecule has 0 aliphatic carbocycles. The van der Waals surface area contributed by atoms with E-state index in [1.54, 1.807) is 18.2 Å². The van der Waals surface area contributed by atoms with Crippen LogP contribution in [0.25, 0.3) is 0 Å². The largest absolute Gasteiger partial charge is 0.457 e. The molecule has 0 aliphatic rings. The minimum Gasteiger partial charge on any atom is -0.457 e. The number of aliphatic hydroxyl groups excluding tert-OH is 1. The van der Waals surface area contributed by atoms with Crippen LogP contribution in [0.3, 0.4) is 0 Å². The van der Waals surface area contributed by atoms with Gasteiger partial charge in [-0.2, -0.15) is 13.2 Å². The lowest BCUT2D eigenvalue weighted by Crippen LogP contribution is -2.41. The van der Waals surface area contributed by atoms with Crippen LogP contribution in [0.5, 0.6) is 11.5 Å². The number of benzene rings is 2. The number of alkyl halides is 3. The Kier molecular flexibility index (Phi) is 9.55. The van der Waals surface area contributed by atoms with Crippen molar-refractivity contribution in [2.24, 2.45) is 5.73 Å². The van der Waals surface area contributed by atoms with Crippen LogP contribution in [0, 0.1) is 0 Å². The minimum atomic E-state index is -4.41. The van der Waals surface area contributed by atoms with Gasteiger partial charge in [0.1, 0.15) is 11.5 Å². The van der Waals surface area contributed by atoms with Crippen molar-refractivity contribution in [3.05, 3.63) is 70.5 Å². The number of halogens is 4. The summed E-state index contributed by atoms with van der Waals surface area (Å²) in [5, 5.41) is 10.1. The Morgan fingerprint density at radius 3 is 2.21 bits per heavy atom. The van der Waals surface area contributed by atoms with Crippen LogP contribution in [0.1, 0.15) is 24.0 Å². The molecule has 0 saturated carbocycles. The maximum Gasteiger partial charge on any atom is 0.416 e. The summed E-state index contributed by atoms with van der Waals surface area (Å²) in [6, 6.07) is 9.34. The van der Waals surface area contributed by atoms with Gasteiger partial charge >= 0.3 is 13.8 Å². The molecule has 3 N–H and O–H groups in total. The molecule has 0 amide bonds. The maximum absolute atomic E-state index is 12.7. The van der Waals surface area contributed by atoms with Crippen LogP contribution >= 0.6 is 19.2 Å². The molecular formula is C22H26ClF3NO5P. The Morgan fingerprint density at radius 1 is 1.09 bits per heavy atom. The van der Waals surface area contributed by atoms with Gasteiger partial charge in [-0.05, 0) is 61.2 Å². The van der Waals surface area contributed by atoms with E-state index < -0.39 is 24.9 Å². The molecule has 33 heavy (non-hydrogen) atoms. The van der Waals surface area contributed by atoms with Crippen LogP contribution in [0.15, 0.2) is 54.4 Å². The molecule has 0 radical (unpaired) electrons. The van der Waals surface area contributed by atoms with Crippen molar-refractivity contribution in [3.8, 4) is 11.5 Å². The van der Waals surface area contributed by atoms with Crippen LogP contribution in [-0.2, 0) is 26.2 Å². The monoisotopic (exact) mass is 507 g/mol. The molecule has 0 aromatic heterocycles. The van der Waals surface area contributed by atoms with E-state index in [1.165, 1.54) is 38.2 Å². The van der Waals surface area contributed by atoms with Crippen LogP contribution in [0.2, 0.25) is 5.02 Å². The number of ether oxygens (including phenoxy) is 1. The first kappa shape index (κ1) is 27.4. The first-order chi connectivity index (χ1) is 15.4. The van der Waals surface area contributed by atoms with Crippen molar-refractivity contribution >= 4 is 19.2 Å². The predicted octanol–water partition coefficient (Wildman–Crippen LogP) is 6.16. The summed E-state index contributed by atoms with van der Waals surface area (Å²) in [4.78, 5) is 0. The summed E-state index contributed by atoms with van der Waals surface area (Å²) in [6.07, 6.45) is -1.52. The molecule has 182 valence electrons. The summed E-state index contributed by atoms with van der Waals surface area (Å²) in [5.41, 5.74) is 5.10. The lowest BCUT2D eigenvalue weighted by Gasteiger charge is -2.24. The fourth-order valence-corrected chi connectivity index (χ4v) is 4.04. The quantitative estimate of drug-likeness (QED) is 0.354. The molecular weight excluding hydrogens is 482 g/mol. The van der Waals surface area contributed by atoms with Gasteiger partial charge in [-0.15, -0.1) is 0 Å². The highest BCUT2D eigenvalue weighted by atomic mass is 35.5. The predicted molar refractivity (Wildman–Crippen MR) is 121 cm³/mol. The average molecular weight is 508 g/mol. The zero-order valence-electron chi connectivity index (χ0n) is 18.1. The summed E-state index contributed by atoms with van der Waals surface area (Å²) in [7, 11) is -0.900. The van der Waals surface area contributed by atoms with Crippen molar-refractivity contribution in [2.75, 3.05) is 20.8 Å². The van der Waals surface area contributed by atoms with E-state index in [0.29, 0.717) is 30.0 Å². The molecule has 0 aliphatic heterocycles. The zero-order chi connectivity index (χ0) is 24.7. The van der Waals surface area contributed by atoms with Crippen molar-refractivity contribution < 1.29 is 36.6 Å². The van der Waals surface area contributed by atoms with Gasteiger partial charge < -0.3 is 24.6 Å². The number of aliphatic hydroxyl groups is 1. The molecule has 0 heterocycles. The first-order valence-corrected chi connectivity index (χ1v) is 11.9. The third-order valence-corrected chi connectivity index (χ3v) is 6.81. The highest BCUT2D eigenvalue weighted by Crippen LogP contribution is 2.48. The highest BCUT2D eigenvalue weighted by Gasteiger charge is 2.30. The molecule has 1 unspecified atom stereocenters. The molecule has 0 fully saturated rings. The third kappa shape index (κ3) is 8.14. The Balaban J connectivity index is 1.98. The molecule has 0 bridgehead atoms. The van der Waals surface area contributed by atoms with Crippen molar-refractivity contribution in [1.82, 2.24) is 0 Å². The van der Waals surface area contributed by atoms with E-state index in [1.807, 2.05) is 0 Å². The number of rotatable bonds is 11. The molecule has 6 nitrogen and oxygen atoms in total. The molecule has 2 aromatic rings. The Morgan fingerprint density at radius 2 is 1.70 bits per heavy atom. The SMILES string of the molecule is COP(=O)(/C=C/C(N)(CO)CCCc1ccc(Oc2ccc(C(F)(F)F)cc2)cc1Cl)OC. The van der Waals surface area contributed by atoms with E-state index in [9.17, 15) is 22.8 Å². The van der Waals surface area contributed by atoms with E-state index in [4.69, 9.17) is 31.1 Å². The summed E-state index contributed by atoms with van der Waals surface area (Å²) < 4.78 is 65.3. The van der Waals surface area contributed by atoms with Gasteiger partial charge in [-0.1, -0.05) is 23.7 Å². The Bertz CT molecular complexity index is 993. The standard InChI is InChI=1S/C22H26ClF3NO5P/c1-30-33(29,31-2)13-12-21(27,15-28)11-3-4-16-5-8-19(14-20(16)23)32-18-9-6-17(7-10-18)22(24,25)26/h5-10,12-14,28H,3-4,11,15,27H2,1-2H3/b13-12+. The van der Waals surface area contributed by atoms with Gasteiger partial charge in [0.2, 0.25) is 0 Å². The van der Waals surface area contributed by atoms with Crippen molar-refractivity contribution in [1.29, 1.82) is 0 Å². The van der Waals surface area contributed by atoms with Gasteiger partial charge in [-0.25, -0.2) is 0 Å². The topological polar surface area (TPSA) is 91.0 Å². The third-order valence-electron chi connectivity index (χ3n) is 4.92. The average Bonchev–Trinajstić information content (AvgIpc) is 2.79. The van der Waals surface area contributed by atoms with Crippen LogP contribution in [-0.4, -0.2) is 31.5 Å². The molecule has 2 rings (SSSR count). The Labute approximate surface area is 195 Å². The number of aryl methyl sites for hydroxylation is 1. The van der Waals surface area contributed by atoms with Crippen LogP contribution < -0.4 is 10.5 Å². The van der Waals surface area contributed by atoms with E-state index >= 15 is 0 Å². The smallest absolute Gasteiger partial charge is 0.416 e. The highest BCUT2D eigenvalue weighted by molar-refractivity contribution is 7.57. The first-order valence-electron chi connectivity index (χ1n) is 9.88. The molecule has 0 saturated heterocycles. The number of hydrogen-bond donors (Lipinski definition) is 2. The second-order valence-electron chi connectivity index (χ2n) is 7.34. The van der Waals surface area contributed by atoms with Gasteiger partial charge in [0.25, 0.3) is 0 Å². The fourth-order valence-electron chi connectivity index (χ4n) is 2.90. The summed E-state index contributed by atoms with van der Waals surface area (Å²) in [5.74, 6) is 1.85. The maximum atomic E-state index is 12.7. The normalized spacial score (nSPS) is 14.4. The second-order valence-corrected chi connectivity index (χ2v) is 9.86. The zero-order valence-corrected chi connectivity index (χ0v) is 19.8. The second kappa shape index (κ2) is 11.5. The van der Waals surface area contributed by atoms with E-state index in [2.05, 4.69) is 0 Å². The van der Waals surface area contributed by atoms with Gasteiger partial charge in [0.15, 0.2) is 0 Å². The van der Waals surface area contributed by atoms with E-state index in [0.717, 1.165) is 17.7 Å².